The zero-order valence-corrected chi connectivity index (χ0v) is 16.5. The van der Waals surface area contributed by atoms with E-state index in [-0.39, 0.29) is 0 Å². The van der Waals surface area contributed by atoms with E-state index in [0.29, 0.717) is 17.3 Å². The van der Waals surface area contributed by atoms with Gasteiger partial charge in [-0.3, -0.25) is 0 Å². The van der Waals surface area contributed by atoms with Crippen molar-refractivity contribution in [3.63, 3.8) is 0 Å². The van der Waals surface area contributed by atoms with Crippen LogP contribution in [0.2, 0.25) is 0 Å². The Hall–Kier alpha value is -3.80. The Morgan fingerprint density at radius 3 is 2.63 bits per heavy atom. The molecule has 2 aromatic carbocycles. The number of hydrogen-bond acceptors (Lipinski definition) is 6. The second kappa shape index (κ2) is 7.55. The van der Waals surface area contributed by atoms with Gasteiger partial charge in [0.05, 0.1) is 18.3 Å². The summed E-state index contributed by atoms with van der Waals surface area (Å²) in [6.07, 6.45) is 5.70. The lowest BCUT2D eigenvalue weighted by Gasteiger charge is -2.13. The number of esters is 1. The molecule has 148 valence electrons. The number of nitrogens with zero attached hydrogens (tertiary/aromatic N) is 3. The van der Waals surface area contributed by atoms with E-state index in [0.717, 1.165) is 46.3 Å². The lowest BCUT2D eigenvalue weighted by atomic mass is 10.1. The monoisotopic (exact) mass is 396 g/mol. The van der Waals surface area contributed by atoms with Crippen molar-refractivity contribution in [3.8, 4) is 11.3 Å². The van der Waals surface area contributed by atoms with Gasteiger partial charge in [-0.05, 0) is 48.6 Å². The van der Waals surface area contributed by atoms with Crippen LogP contribution in [0.5, 0.6) is 0 Å². The van der Waals surface area contributed by atoms with Gasteiger partial charge < -0.3 is 10.1 Å². The summed E-state index contributed by atoms with van der Waals surface area (Å²) in [5, 5.41) is 4.20. The molecule has 1 aliphatic carbocycles. The van der Waals surface area contributed by atoms with E-state index in [1.807, 2.05) is 60.8 Å². The number of nitrogens with one attached hydrogen (secondary N) is 1. The molecule has 30 heavy (non-hydrogen) atoms. The number of anilines is 2. The average molecular weight is 396 g/mol. The SMILES string of the molecule is COC(=O)c1cc(C2CC2)cnc1Nc1ccc2ncnc(-c3ccccc3)c2c1. The molecule has 4 aromatic rings. The van der Waals surface area contributed by atoms with Crippen molar-refractivity contribution in [1.82, 2.24) is 15.0 Å². The summed E-state index contributed by atoms with van der Waals surface area (Å²) in [5.41, 5.74) is 5.04. The quantitative estimate of drug-likeness (QED) is 0.473. The Kier molecular flexibility index (Phi) is 4.59. The maximum atomic E-state index is 12.3. The van der Waals surface area contributed by atoms with Crippen LogP contribution in [0, 0.1) is 0 Å². The van der Waals surface area contributed by atoms with Crippen LogP contribution in [0.25, 0.3) is 22.2 Å². The van der Waals surface area contributed by atoms with Crippen molar-refractivity contribution in [3.05, 3.63) is 78.2 Å². The highest BCUT2D eigenvalue weighted by molar-refractivity contribution is 5.97. The number of methoxy groups -OCH3 is 1. The van der Waals surface area contributed by atoms with Crippen molar-refractivity contribution in [1.29, 1.82) is 0 Å². The third kappa shape index (κ3) is 3.48. The number of aromatic nitrogens is 3. The van der Waals surface area contributed by atoms with Gasteiger partial charge in [-0.15, -0.1) is 0 Å². The van der Waals surface area contributed by atoms with E-state index in [1.165, 1.54) is 7.11 Å². The van der Waals surface area contributed by atoms with Gasteiger partial charge in [-0.2, -0.15) is 0 Å². The van der Waals surface area contributed by atoms with E-state index >= 15 is 0 Å². The molecule has 0 saturated heterocycles. The standard InChI is InChI=1S/C24H20N4O2/c1-30-24(29)20-11-17(15-7-8-15)13-25-23(20)28-18-9-10-21-19(12-18)22(27-14-26-21)16-5-3-2-4-6-16/h2-6,9-15H,7-8H2,1H3,(H,25,28). The van der Waals surface area contributed by atoms with Crippen molar-refractivity contribution >= 4 is 28.4 Å². The number of ether oxygens (including phenoxy) is 1. The number of rotatable bonds is 5. The normalized spacial score (nSPS) is 13.2. The molecule has 1 fully saturated rings. The fourth-order valence-corrected chi connectivity index (χ4v) is 3.58. The molecule has 0 atom stereocenters. The Balaban J connectivity index is 1.55. The summed E-state index contributed by atoms with van der Waals surface area (Å²) in [7, 11) is 1.38. The summed E-state index contributed by atoms with van der Waals surface area (Å²) in [4.78, 5) is 25.7. The van der Waals surface area contributed by atoms with Crippen LogP contribution in [0.3, 0.4) is 0 Å². The van der Waals surface area contributed by atoms with Crippen LogP contribution in [-0.4, -0.2) is 28.0 Å². The topological polar surface area (TPSA) is 77.0 Å². The van der Waals surface area contributed by atoms with Crippen molar-refractivity contribution < 1.29 is 9.53 Å². The first kappa shape index (κ1) is 18.2. The Morgan fingerprint density at radius 1 is 1.03 bits per heavy atom. The Morgan fingerprint density at radius 2 is 1.87 bits per heavy atom. The molecular weight excluding hydrogens is 376 g/mol. The van der Waals surface area contributed by atoms with E-state index in [1.54, 1.807) is 6.33 Å². The molecule has 1 N–H and O–H groups in total. The minimum Gasteiger partial charge on any atom is -0.465 e. The minimum absolute atomic E-state index is 0.401. The van der Waals surface area contributed by atoms with E-state index in [2.05, 4.69) is 20.3 Å². The highest BCUT2D eigenvalue weighted by Crippen LogP contribution is 2.40. The maximum absolute atomic E-state index is 12.3. The Bertz CT molecular complexity index is 1240. The smallest absolute Gasteiger partial charge is 0.341 e. The summed E-state index contributed by atoms with van der Waals surface area (Å²) in [6.45, 7) is 0. The van der Waals surface area contributed by atoms with E-state index in [9.17, 15) is 4.79 Å². The predicted octanol–water partition coefficient (Wildman–Crippen LogP) is 5.10. The molecule has 6 nitrogen and oxygen atoms in total. The molecule has 0 amide bonds. The van der Waals surface area contributed by atoms with E-state index in [4.69, 9.17) is 4.74 Å². The zero-order chi connectivity index (χ0) is 20.5. The third-order valence-corrected chi connectivity index (χ3v) is 5.31. The fraction of sp³-hybridized carbons (Fsp3) is 0.167. The largest absolute Gasteiger partial charge is 0.465 e. The van der Waals surface area contributed by atoms with Crippen molar-refractivity contribution in [2.24, 2.45) is 0 Å². The lowest BCUT2D eigenvalue weighted by Crippen LogP contribution is -2.08. The molecule has 0 unspecified atom stereocenters. The first-order valence-corrected chi connectivity index (χ1v) is 9.88. The van der Waals surface area contributed by atoms with Gasteiger partial charge in [0.15, 0.2) is 0 Å². The zero-order valence-electron chi connectivity index (χ0n) is 16.5. The van der Waals surface area contributed by atoms with Gasteiger partial charge in [0.2, 0.25) is 0 Å². The second-order valence-electron chi connectivity index (χ2n) is 7.38. The number of benzene rings is 2. The molecule has 0 aliphatic heterocycles. The first-order valence-electron chi connectivity index (χ1n) is 9.88. The predicted molar refractivity (Wildman–Crippen MR) is 116 cm³/mol. The van der Waals surface area contributed by atoms with Gasteiger partial charge >= 0.3 is 5.97 Å². The molecule has 0 spiro atoms. The Labute approximate surface area is 174 Å². The fourth-order valence-electron chi connectivity index (χ4n) is 3.58. The number of carbonyl (C=O) groups excluding carboxylic acids is 1. The highest BCUT2D eigenvalue weighted by atomic mass is 16.5. The van der Waals surface area contributed by atoms with Gasteiger partial charge in [0.25, 0.3) is 0 Å². The number of carbonyl (C=O) groups is 1. The summed E-state index contributed by atoms with van der Waals surface area (Å²) >= 11 is 0. The summed E-state index contributed by atoms with van der Waals surface area (Å²) < 4.78 is 4.98. The highest BCUT2D eigenvalue weighted by Gasteiger charge is 2.26. The van der Waals surface area contributed by atoms with Crippen LogP contribution in [0.15, 0.2) is 67.1 Å². The molecule has 6 heteroatoms. The van der Waals surface area contributed by atoms with Gasteiger partial charge in [0.1, 0.15) is 17.7 Å². The van der Waals surface area contributed by atoms with Crippen LogP contribution < -0.4 is 5.32 Å². The average Bonchev–Trinajstić information content (AvgIpc) is 3.64. The summed E-state index contributed by atoms with van der Waals surface area (Å²) in [6, 6.07) is 17.7. The molecule has 1 aliphatic rings. The number of fused-ring (bicyclic) bond motifs is 1. The molecule has 0 bridgehead atoms. The molecule has 5 rings (SSSR count). The molecule has 2 heterocycles. The first-order chi connectivity index (χ1) is 14.7. The molecular formula is C24H20N4O2. The number of pyridine rings is 1. The number of hydrogen-bond donors (Lipinski definition) is 1. The van der Waals surface area contributed by atoms with E-state index < -0.39 is 5.97 Å². The molecule has 0 radical (unpaired) electrons. The maximum Gasteiger partial charge on any atom is 0.341 e. The molecule has 2 aromatic heterocycles. The van der Waals surface area contributed by atoms with Crippen molar-refractivity contribution in [2.45, 2.75) is 18.8 Å². The van der Waals surface area contributed by atoms with Gasteiger partial charge in [0, 0.05) is 22.8 Å². The van der Waals surface area contributed by atoms with Gasteiger partial charge in [-0.1, -0.05) is 30.3 Å². The lowest BCUT2D eigenvalue weighted by molar-refractivity contribution is 0.0601. The van der Waals surface area contributed by atoms with Crippen LogP contribution in [0.4, 0.5) is 11.5 Å². The van der Waals surface area contributed by atoms with Crippen LogP contribution >= 0.6 is 0 Å². The summed E-state index contributed by atoms with van der Waals surface area (Å²) in [5.74, 6) is 0.575. The van der Waals surface area contributed by atoms with Gasteiger partial charge in [-0.25, -0.2) is 19.7 Å². The third-order valence-electron chi connectivity index (χ3n) is 5.31. The molecule has 1 saturated carbocycles. The van der Waals surface area contributed by atoms with Crippen LogP contribution in [0.1, 0.15) is 34.7 Å². The van der Waals surface area contributed by atoms with Crippen LogP contribution in [-0.2, 0) is 4.74 Å². The minimum atomic E-state index is -0.401. The second-order valence-corrected chi connectivity index (χ2v) is 7.38. The van der Waals surface area contributed by atoms with Crippen molar-refractivity contribution in [2.75, 3.05) is 12.4 Å².